The maximum atomic E-state index is 12.6. The summed E-state index contributed by atoms with van der Waals surface area (Å²) in [7, 11) is -1.72. The maximum absolute atomic E-state index is 12.6. The SMILES string of the molecule is CCCNC1CCC(N(C)S(=O)(=O)c2ccc(Cl)s2)CC1. The number of nitrogens with one attached hydrogen (secondary N) is 1. The van der Waals surface area contributed by atoms with Gasteiger partial charge in [-0.1, -0.05) is 18.5 Å². The molecule has 1 aliphatic rings. The van der Waals surface area contributed by atoms with Crippen LogP contribution in [0.2, 0.25) is 4.34 Å². The van der Waals surface area contributed by atoms with Crippen molar-refractivity contribution in [3.05, 3.63) is 16.5 Å². The van der Waals surface area contributed by atoms with Gasteiger partial charge in [0.25, 0.3) is 10.0 Å². The summed E-state index contributed by atoms with van der Waals surface area (Å²) in [4.78, 5) is 0. The van der Waals surface area contributed by atoms with Gasteiger partial charge in [0, 0.05) is 19.1 Å². The van der Waals surface area contributed by atoms with Crippen molar-refractivity contribution in [3.8, 4) is 0 Å². The highest BCUT2D eigenvalue weighted by Gasteiger charge is 2.32. The predicted octanol–water partition coefficient (Wildman–Crippen LogP) is 3.33. The lowest BCUT2D eigenvalue weighted by atomic mass is 9.91. The zero-order valence-corrected chi connectivity index (χ0v) is 14.9. The molecular formula is C14H23ClN2O2S2. The van der Waals surface area contributed by atoms with Crippen molar-refractivity contribution >= 4 is 33.0 Å². The summed E-state index contributed by atoms with van der Waals surface area (Å²) >= 11 is 6.97. The Hall–Kier alpha value is -0.140. The van der Waals surface area contributed by atoms with Crippen LogP contribution in [0.3, 0.4) is 0 Å². The molecule has 0 amide bonds. The van der Waals surface area contributed by atoms with Crippen LogP contribution in [-0.2, 0) is 10.0 Å². The number of hydrogen-bond acceptors (Lipinski definition) is 4. The Morgan fingerprint density at radius 3 is 2.52 bits per heavy atom. The Balaban J connectivity index is 1.97. The van der Waals surface area contributed by atoms with Crippen LogP contribution >= 0.6 is 22.9 Å². The Bertz CT molecular complexity index is 551. The number of rotatable bonds is 6. The molecule has 1 N–H and O–H groups in total. The summed E-state index contributed by atoms with van der Waals surface area (Å²) in [5, 5.41) is 3.52. The van der Waals surface area contributed by atoms with Crippen LogP contribution in [0.5, 0.6) is 0 Å². The van der Waals surface area contributed by atoms with Crippen molar-refractivity contribution in [1.29, 1.82) is 0 Å². The monoisotopic (exact) mass is 350 g/mol. The van der Waals surface area contributed by atoms with Crippen LogP contribution in [0.4, 0.5) is 0 Å². The molecule has 0 aromatic carbocycles. The number of hydrogen-bond donors (Lipinski definition) is 1. The van der Waals surface area contributed by atoms with Gasteiger partial charge in [0.1, 0.15) is 4.21 Å². The first-order valence-corrected chi connectivity index (χ1v) is 10.1. The van der Waals surface area contributed by atoms with E-state index in [0.29, 0.717) is 14.6 Å². The Morgan fingerprint density at radius 2 is 2.00 bits per heavy atom. The molecule has 0 spiro atoms. The summed E-state index contributed by atoms with van der Waals surface area (Å²) in [5.74, 6) is 0. The fraction of sp³-hybridized carbons (Fsp3) is 0.714. The lowest BCUT2D eigenvalue weighted by molar-refractivity contribution is 0.250. The summed E-state index contributed by atoms with van der Waals surface area (Å²) in [6, 6.07) is 3.86. The van der Waals surface area contributed by atoms with E-state index in [4.69, 9.17) is 11.6 Å². The van der Waals surface area contributed by atoms with Gasteiger partial charge in [0.05, 0.1) is 4.34 Å². The predicted molar refractivity (Wildman–Crippen MR) is 88.6 cm³/mol. The van der Waals surface area contributed by atoms with Crippen molar-refractivity contribution in [3.63, 3.8) is 0 Å². The molecule has 0 radical (unpaired) electrons. The Morgan fingerprint density at radius 1 is 1.33 bits per heavy atom. The van der Waals surface area contributed by atoms with Crippen LogP contribution < -0.4 is 5.32 Å². The maximum Gasteiger partial charge on any atom is 0.252 e. The first-order chi connectivity index (χ1) is 9.95. The van der Waals surface area contributed by atoms with Gasteiger partial charge in [0.15, 0.2) is 0 Å². The minimum Gasteiger partial charge on any atom is -0.314 e. The molecule has 1 saturated carbocycles. The summed E-state index contributed by atoms with van der Waals surface area (Å²) in [6.07, 6.45) is 5.03. The molecule has 0 unspecified atom stereocenters. The number of nitrogens with zero attached hydrogens (tertiary/aromatic N) is 1. The Kier molecular flexibility index (Phi) is 6.08. The minimum absolute atomic E-state index is 0.0931. The zero-order chi connectivity index (χ0) is 15.5. The van der Waals surface area contributed by atoms with Gasteiger partial charge in [-0.05, 0) is 50.8 Å². The van der Waals surface area contributed by atoms with E-state index in [2.05, 4.69) is 12.2 Å². The van der Waals surface area contributed by atoms with Crippen LogP contribution in [0.25, 0.3) is 0 Å². The van der Waals surface area contributed by atoms with E-state index in [1.165, 1.54) is 4.31 Å². The fourth-order valence-corrected chi connectivity index (χ4v) is 5.85. The van der Waals surface area contributed by atoms with Crippen molar-refractivity contribution in [2.75, 3.05) is 13.6 Å². The zero-order valence-electron chi connectivity index (χ0n) is 12.5. The topological polar surface area (TPSA) is 49.4 Å². The second kappa shape index (κ2) is 7.42. The van der Waals surface area contributed by atoms with E-state index in [9.17, 15) is 8.42 Å². The molecule has 21 heavy (non-hydrogen) atoms. The van der Waals surface area contributed by atoms with Crippen molar-refractivity contribution in [2.24, 2.45) is 0 Å². The average Bonchev–Trinajstić information content (AvgIpc) is 2.92. The summed E-state index contributed by atoms with van der Waals surface area (Å²) in [6.45, 7) is 3.20. The molecule has 1 heterocycles. The van der Waals surface area contributed by atoms with E-state index in [0.717, 1.165) is 50.0 Å². The third-order valence-corrected chi connectivity index (χ3v) is 7.68. The molecule has 120 valence electrons. The molecule has 0 saturated heterocycles. The third kappa shape index (κ3) is 4.20. The highest BCUT2D eigenvalue weighted by Crippen LogP contribution is 2.31. The lowest BCUT2D eigenvalue weighted by Gasteiger charge is -2.34. The van der Waals surface area contributed by atoms with E-state index in [1.807, 2.05) is 0 Å². The molecule has 4 nitrogen and oxygen atoms in total. The van der Waals surface area contributed by atoms with Crippen LogP contribution in [0.15, 0.2) is 16.3 Å². The van der Waals surface area contributed by atoms with Gasteiger partial charge in [-0.3, -0.25) is 0 Å². The third-order valence-electron chi connectivity index (χ3n) is 4.08. The first-order valence-electron chi connectivity index (χ1n) is 7.42. The highest BCUT2D eigenvalue weighted by atomic mass is 35.5. The number of thiophene rings is 1. The minimum atomic E-state index is -3.41. The fourth-order valence-electron chi connectivity index (χ4n) is 2.77. The molecule has 1 aromatic heterocycles. The van der Waals surface area contributed by atoms with E-state index in [1.54, 1.807) is 19.2 Å². The van der Waals surface area contributed by atoms with Gasteiger partial charge in [0.2, 0.25) is 0 Å². The van der Waals surface area contributed by atoms with E-state index >= 15 is 0 Å². The van der Waals surface area contributed by atoms with Crippen LogP contribution in [0.1, 0.15) is 39.0 Å². The molecule has 7 heteroatoms. The number of sulfonamides is 1. The first kappa shape index (κ1) is 17.2. The van der Waals surface area contributed by atoms with Crippen molar-refractivity contribution in [1.82, 2.24) is 9.62 Å². The average molecular weight is 351 g/mol. The van der Waals surface area contributed by atoms with Crippen molar-refractivity contribution < 1.29 is 8.42 Å². The van der Waals surface area contributed by atoms with Crippen LogP contribution in [-0.4, -0.2) is 38.4 Å². The normalized spacial score (nSPS) is 23.6. The largest absolute Gasteiger partial charge is 0.314 e. The van der Waals surface area contributed by atoms with Crippen molar-refractivity contribution in [2.45, 2.75) is 55.3 Å². The standard InChI is InChI=1S/C14H23ClN2O2S2/c1-3-10-16-11-4-6-12(7-5-11)17(2)21(18,19)14-9-8-13(15)20-14/h8-9,11-12,16H,3-7,10H2,1-2H3. The molecule has 0 atom stereocenters. The van der Waals surface area contributed by atoms with Gasteiger partial charge in [-0.15, -0.1) is 11.3 Å². The highest BCUT2D eigenvalue weighted by molar-refractivity contribution is 7.91. The van der Waals surface area contributed by atoms with Crippen LogP contribution in [0, 0.1) is 0 Å². The quantitative estimate of drug-likeness (QED) is 0.856. The van der Waals surface area contributed by atoms with Gasteiger partial charge in [-0.2, -0.15) is 4.31 Å². The summed E-state index contributed by atoms with van der Waals surface area (Å²) < 4.78 is 27.5. The van der Waals surface area contributed by atoms with Gasteiger partial charge in [-0.25, -0.2) is 8.42 Å². The lowest BCUT2D eigenvalue weighted by Crippen LogP contribution is -2.43. The molecule has 2 rings (SSSR count). The van der Waals surface area contributed by atoms with E-state index in [-0.39, 0.29) is 6.04 Å². The Labute approximate surface area is 136 Å². The second-order valence-electron chi connectivity index (χ2n) is 5.54. The molecular weight excluding hydrogens is 328 g/mol. The van der Waals surface area contributed by atoms with Gasteiger partial charge >= 0.3 is 0 Å². The van der Waals surface area contributed by atoms with Gasteiger partial charge < -0.3 is 5.32 Å². The second-order valence-corrected chi connectivity index (χ2v) is 9.48. The van der Waals surface area contributed by atoms with E-state index < -0.39 is 10.0 Å². The summed E-state index contributed by atoms with van der Waals surface area (Å²) in [5.41, 5.74) is 0. The molecule has 1 aromatic rings. The molecule has 0 aliphatic heterocycles. The molecule has 1 aliphatic carbocycles. The number of halogens is 1. The smallest absolute Gasteiger partial charge is 0.252 e. The molecule has 0 bridgehead atoms. The molecule has 1 fully saturated rings.